The summed E-state index contributed by atoms with van der Waals surface area (Å²) in [7, 11) is 0. The maximum absolute atomic E-state index is 6.11. The van der Waals surface area contributed by atoms with Crippen molar-refractivity contribution in [3.8, 4) is 0 Å². The molecule has 0 bridgehead atoms. The fraction of sp³-hybridized carbons (Fsp3) is 0.724. The smallest absolute Gasteiger partial charge is 0.110 e. The summed E-state index contributed by atoms with van der Waals surface area (Å²) in [4.78, 5) is 0. The Morgan fingerprint density at radius 1 is 0.548 bits per heavy atom. The van der Waals surface area contributed by atoms with E-state index in [2.05, 4.69) is 54.0 Å². The van der Waals surface area contributed by atoms with Gasteiger partial charge in [0.2, 0.25) is 0 Å². The van der Waals surface area contributed by atoms with E-state index in [4.69, 9.17) is 9.47 Å². The molecule has 0 N–H and O–H groups in total. The number of hydrogen-bond acceptors (Lipinski definition) is 2. The normalized spacial score (nSPS) is 11.2. The Hall–Kier alpha value is -1.44. The van der Waals surface area contributed by atoms with Gasteiger partial charge in [0.15, 0.2) is 0 Å². The van der Waals surface area contributed by atoms with Crippen molar-refractivity contribution in [3.63, 3.8) is 0 Å². The largest absolute Gasteiger partial charge is 0.466 e. The lowest BCUT2D eigenvalue weighted by atomic mass is 9.81. The van der Waals surface area contributed by atoms with E-state index in [0.717, 1.165) is 50.0 Å². The molecule has 2 heteroatoms. The molecule has 0 fully saturated rings. The summed E-state index contributed by atoms with van der Waals surface area (Å²) in [5.41, 5.74) is -0.440. The lowest BCUT2D eigenvalue weighted by Gasteiger charge is -2.33. The monoisotopic (exact) mass is 432 g/mol. The topological polar surface area (TPSA) is 18.5 Å². The highest BCUT2D eigenvalue weighted by Gasteiger charge is 2.35. The van der Waals surface area contributed by atoms with E-state index in [0.29, 0.717) is 11.5 Å². The van der Waals surface area contributed by atoms with Gasteiger partial charge in [-0.25, -0.2) is 0 Å². The first-order valence-corrected chi connectivity index (χ1v) is 12.9. The van der Waals surface area contributed by atoms with E-state index < -0.39 is 5.41 Å². The molecule has 0 radical (unpaired) electrons. The zero-order chi connectivity index (χ0) is 23.5. The van der Waals surface area contributed by atoms with Crippen LogP contribution in [-0.2, 0) is 9.47 Å². The minimum atomic E-state index is -0.440. The summed E-state index contributed by atoms with van der Waals surface area (Å²) in [5.74, 6) is 2.98. The molecule has 0 aliphatic carbocycles. The molecule has 0 rings (SSSR count). The Bertz CT molecular complexity index is 493. The number of rotatable bonds is 22. The summed E-state index contributed by atoms with van der Waals surface area (Å²) in [6.45, 7) is 25.6. The predicted octanol–water partition coefficient (Wildman–Crippen LogP) is 10.4. The van der Waals surface area contributed by atoms with Crippen molar-refractivity contribution in [2.75, 3.05) is 0 Å². The van der Waals surface area contributed by atoms with Crippen molar-refractivity contribution in [2.45, 2.75) is 130 Å². The van der Waals surface area contributed by atoms with Gasteiger partial charge < -0.3 is 9.47 Å². The van der Waals surface area contributed by atoms with Crippen LogP contribution in [0, 0.1) is 5.41 Å². The van der Waals surface area contributed by atoms with Gasteiger partial charge in [-0.1, -0.05) is 118 Å². The number of unbranched alkanes of at least 4 members (excludes halogenated alkanes) is 10. The van der Waals surface area contributed by atoms with Crippen molar-refractivity contribution in [1.29, 1.82) is 0 Å². The van der Waals surface area contributed by atoms with E-state index in [1.165, 1.54) is 64.2 Å². The van der Waals surface area contributed by atoms with Crippen molar-refractivity contribution in [2.24, 2.45) is 5.41 Å². The van der Waals surface area contributed by atoms with Crippen molar-refractivity contribution >= 4 is 0 Å². The van der Waals surface area contributed by atoms with Crippen LogP contribution in [0.25, 0.3) is 0 Å². The molecule has 0 amide bonds. The van der Waals surface area contributed by atoms with Crippen molar-refractivity contribution in [3.05, 3.63) is 49.4 Å². The first-order chi connectivity index (χ1) is 14.8. The molecule has 0 aliphatic heterocycles. The maximum Gasteiger partial charge on any atom is 0.110 e. The van der Waals surface area contributed by atoms with Crippen LogP contribution in [0.4, 0.5) is 0 Å². The van der Waals surface area contributed by atoms with Crippen LogP contribution in [0.2, 0.25) is 0 Å². The SMILES string of the molecule is C=C(CCCCC)OC(=C)C(C)(CCCCCCCCC)C(=C)OC(=C)CCCCC. The second-order valence-corrected chi connectivity index (χ2v) is 9.25. The van der Waals surface area contributed by atoms with Gasteiger partial charge in [-0.15, -0.1) is 0 Å². The molecule has 0 aromatic rings. The number of ether oxygens (including phenoxy) is 2. The van der Waals surface area contributed by atoms with Crippen LogP contribution in [0.5, 0.6) is 0 Å². The Morgan fingerprint density at radius 2 is 0.903 bits per heavy atom. The van der Waals surface area contributed by atoms with Crippen LogP contribution < -0.4 is 0 Å². The molecule has 0 spiro atoms. The average Bonchev–Trinajstić information content (AvgIpc) is 2.73. The molecular formula is C29H52O2. The molecule has 180 valence electrons. The van der Waals surface area contributed by atoms with Gasteiger partial charge in [0.1, 0.15) is 11.5 Å². The van der Waals surface area contributed by atoms with Gasteiger partial charge in [0, 0.05) is 12.8 Å². The third-order valence-electron chi connectivity index (χ3n) is 6.16. The van der Waals surface area contributed by atoms with Crippen LogP contribution in [0.1, 0.15) is 130 Å². The highest BCUT2D eigenvalue weighted by Crippen LogP contribution is 2.42. The van der Waals surface area contributed by atoms with Crippen LogP contribution in [0.3, 0.4) is 0 Å². The standard InChI is InChI=1S/C29H52O2/c1-9-12-15-16-17-18-21-24-29(8,27(6)30-25(4)22-19-13-10-2)28(7)31-26(5)23-20-14-11-3/h4-7,9-24H2,1-3,8H3. The first kappa shape index (κ1) is 29.6. The molecule has 0 aromatic carbocycles. The first-order valence-electron chi connectivity index (χ1n) is 12.9. The Balaban J connectivity index is 4.91. The minimum Gasteiger partial charge on any atom is -0.466 e. The second kappa shape index (κ2) is 18.2. The molecular weight excluding hydrogens is 380 g/mol. The lowest BCUT2D eigenvalue weighted by molar-refractivity contribution is 0.134. The van der Waals surface area contributed by atoms with Gasteiger partial charge in [-0.2, -0.15) is 0 Å². The summed E-state index contributed by atoms with van der Waals surface area (Å²) in [5, 5.41) is 0. The Kier molecular flexibility index (Phi) is 17.3. The average molecular weight is 433 g/mol. The zero-order valence-electron chi connectivity index (χ0n) is 21.5. The van der Waals surface area contributed by atoms with Gasteiger partial charge in [-0.05, 0) is 26.2 Å². The van der Waals surface area contributed by atoms with Crippen LogP contribution >= 0.6 is 0 Å². The molecule has 0 saturated carbocycles. The Morgan fingerprint density at radius 3 is 1.32 bits per heavy atom. The number of hydrogen-bond donors (Lipinski definition) is 0. The lowest BCUT2D eigenvalue weighted by Crippen LogP contribution is -2.24. The molecule has 0 saturated heterocycles. The Labute approximate surface area is 194 Å². The number of allylic oxidation sites excluding steroid dienone is 2. The van der Waals surface area contributed by atoms with Gasteiger partial charge in [-0.3, -0.25) is 0 Å². The third kappa shape index (κ3) is 13.6. The van der Waals surface area contributed by atoms with E-state index >= 15 is 0 Å². The molecule has 31 heavy (non-hydrogen) atoms. The molecule has 0 atom stereocenters. The summed E-state index contributed by atoms with van der Waals surface area (Å²) in [6.07, 6.45) is 18.5. The maximum atomic E-state index is 6.11. The summed E-state index contributed by atoms with van der Waals surface area (Å²) >= 11 is 0. The molecule has 0 aromatic heterocycles. The van der Waals surface area contributed by atoms with Crippen molar-refractivity contribution < 1.29 is 9.47 Å². The van der Waals surface area contributed by atoms with E-state index in [1.54, 1.807) is 0 Å². The molecule has 0 aliphatic rings. The second-order valence-electron chi connectivity index (χ2n) is 9.25. The summed E-state index contributed by atoms with van der Waals surface area (Å²) < 4.78 is 12.2. The van der Waals surface area contributed by atoms with Crippen LogP contribution in [0.15, 0.2) is 49.4 Å². The third-order valence-corrected chi connectivity index (χ3v) is 6.16. The predicted molar refractivity (Wildman–Crippen MR) is 138 cm³/mol. The van der Waals surface area contributed by atoms with Gasteiger partial charge in [0.25, 0.3) is 0 Å². The van der Waals surface area contributed by atoms with E-state index in [-0.39, 0.29) is 0 Å². The quantitative estimate of drug-likeness (QED) is 0.125. The fourth-order valence-corrected chi connectivity index (χ4v) is 3.69. The highest BCUT2D eigenvalue weighted by molar-refractivity contribution is 5.19. The molecule has 0 heterocycles. The summed E-state index contributed by atoms with van der Waals surface area (Å²) in [6, 6.07) is 0. The van der Waals surface area contributed by atoms with E-state index in [1.807, 2.05) is 0 Å². The van der Waals surface area contributed by atoms with Crippen molar-refractivity contribution in [1.82, 2.24) is 0 Å². The van der Waals surface area contributed by atoms with Gasteiger partial charge in [0.05, 0.1) is 16.9 Å². The fourth-order valence-electron chi connectivity index (χ4n) is 3.69. The minimum absolute atomic E-state index is 0.440. The van der Waals surface area contributed by atoms with E-state index in [9.17, 15) is 0 Å². The highest BCUT2D eigenvalue weighted by atomic mass is 16.5. The van der Waals surface area contributed by atoms with Crippen LogP contribution in [-0.4, -0.2) is 0 Å². The zero-order valence-corrected chi connectivity index (χ0v) is 21.5. The van der Waals surface area contributed by atoms with Gasteiger partial charge >= 0.3 is 0 Å². The molecule has 2 nitrogen and oxygen atoms in total. The molecule has 0 unspecified atom stereocenters.